The van der Waals surface area contributed by atoms with Gasteiger partial charge in [-0.05, 0) is 44.2 Å². The van der Waals surface area contributed by atoms with E-state index in [9.17, 15) is 8.42 Å². The summed E-state index contributed by atoms with van der Waals surface area (Å²) in [5, 5.41) is 19.6. The molecule has 2 rings (SSSR count). The smallest absolute Gasteiger partial charge is 0.264 e. The van der Waals surface area contributed by atoms with Crippen LogP contribution >= 0.6 is 0 Å². The number of hydrazone groups is 1. The van der Waals surface area contributed by atoms with Gasteiger partial charge in [-0.1, -0.05) is 0 Å². The van der Waals surface area contributed by atoms with E-state index in [0.717, 1.165) is 0 Å². The molecule has 11 heteroatoms. The van der Waals surface area contributed by atoms with Crippen LogP contribution < -0.4 is 15.9 Å². The van der Waals surface area contributed by atoms with Gasteiger partial charge in [-0.3, -0.25) is 10.8 Å². The van der Waals surface area contributed by atoms with E-state index in [1.54, 1.807) is 26.0 Å². The van der Waals surface area contributed by atoms with Crippen LogP contribution in [0.25, 0.3) is 0 Å². The Bertz CT molecular complexity index is 987. The van der Waals surface area contributed by atoms with E-state index in [1.807, 2.05) is 0 Å². The number of nitrogens with one attached hydrogen (secondary N) is 3. The average molecular weight is 372 g/mol. The molecule has 0 aliphatic heterocycles. The second-order valence-electron chi connectivity index (χ2n) is 5.20. The minimum Gasteiger partial charge on any atom is -0.382 e. The molecule has 10 nitrogen and oxygen atoms in total. The lowest BCUT2D eigenvalue weighted by atomic mass is 10.3. The predicted octanol–water partition coefficient (Wildman–Crippen LogP) is 1.12. The zero-order chi connectivity index (χ0) is 19.3. The molecule has 0 aliphatic carbocycles. The molecule has 0 amide bonds. The molecule has 0 saturated carbocycles. The van der Waals surface area contributed by atoms with Gasteiger partial charge in [-0.2, -0.15) is 10.4 Å². The molecule has 2 aromatic rings. The highest BCUT2D eigenvalue weighted by Gasteiger charge is 2.16. The number of rotatable bonds is 6. The van der Waals surface area contributed by atoms with Gasteiger partial charge in [0.25, 0.3) is 10.0 Å². The molecule has 134 valence electrons. The number of sulfonamides is 1. The van der Waals surface area contributed by atoms with Crippen molar-refractivity contribution in [1.82, 2.24) is 9.97 Å². The second kappa shape index (κ2) is 7.58. The Morgan fingerprint density at radius 1 is 1.23 bits per heavy atom. The van der Waals surface area contributed by atoms with Crippen LogP contribution in [0.15, 0.2) is 40.3 Å². The van der Waals surface area contributed by atoms with Crippen LogP contribution in [-0.2, 0) is 10.0 Å². The third-order valence-electron chi connectivity index (χ3n) is 3.03. The highest BCUT2D eigenvalue weighted by molar-refractivity contribution is 7.92. The summed E-state index contributed by atoms with van der Waals surface area (Å²) in [7, 11) is -3.86. The van der Waals surface area contributed by atoms with Gasteiger partial charge >= 0.3 is 0 Å². The molecule has 0 atom stereocenters. The molecule has 0 fully saturated rings. The topological polar surface area (TPSA) is 170 Å². The molecular formula is C15H16N8O2S. The first-order chi connectivity index (χ1) is 12.2. The third-order valence-corrected chi connectivity index (χ3v) is 4.37. The molecule has 5 N–H and O–H groups in total. The van der Waals surface area contributed by atoms with Gasteiger partial charge in [0.2, 0.25) is 11.7 Å². The van der Waals surface area contributed by atoms with Crippen LogP contribution in [0.3, 0.4) is 0 Å². The molecule has 0 bridgehead atoms. The lowest BCUT2D eigenvalue weighted by molar-refractivity contribution is 0.601. The number of hydrogen-bond acceptors (Lipinski definition) is 8. The third kappa shape index (κ3) is 4.74. The standard InChI is InChI=1S/C15H16N8O2S/c1-9-7-10(2)20-15(19-9)23-26(24,25)12-5-3-11(4-6-12)21-22-13(8-16)14(17)18/h3-7,21H,1-2H3,(H3,17,18)(H,19,20,23)/b22-13+. The Labute approximate surface area is 150 Å². The Morgan fingerprint density at radius 3 is 2.31 bits per heavy atom. The fraction of sp³-hybridized carbons (Fsp3) is 0.133. The summed E-state index contributed by atoms with van der Waals surface area (Å²) in [5.74, 6) is -0.480. The van der Waals surface area contributed by atoms with Gasteiger partial charge in [0.05, 0.1) is 10.6 Å². The van der Waals surface area contributed by atoms with E-state index in [4.69, 9.17) is 16.4 Å². The molecular weight excluding hydrogens is 356 g/mol. The van der Waals surface area contributed by atoms with Crippen LogP contribution in [0.5, 0.6) is 0 Å². The van der Waals surface area contributed by atoms with Crippen molar-refractivity contribution >= 4 is 33.2 Å². The van der Waals surface area contributed by atoms with Gasteiger partial charge < -0.3 is 5.73 Å². The summed E-state index contributed by atoms with van der Waals surface area (Å²) in [4.78, 5) is 8.09. The fourth-order valence-electron chi connectivity index (χ4n) is 1.93. The van der Waals surface area contributed by atoms with Crippen molar-refractivity contribution in [2.75, 3.05) is 10.1 Å². The van der Waals surface area contributed by atoms with Crippen molar-refractivity contribution in [3.8, 4) is 6.07 Å². The first-order valence-corrected chi connectivity index (χ1v) is 8.73. The summed E-state index contributed by atoms with van der Waals surface area (Å²) in [6, 6.07) is 9.00. The van der Waals surface area contributed by atoms with Gasteiger partial charge in [0.15, 0.2) is 5.84 Å². The number of amidine groups is 1. The molecule has 1 aromatic carbocycles. The highest BCUT2D eigenvalue weighted by Crippen LogP contribution is 2.17. The number of benzene rings is 1. The van der Waals surface area contributed by atoms with Crippen LogP contribution in [0.4, 0.5) is 11.6 Å². The van der Waals surface area contributed by atoms with Crippen LogP contribution in [0.2, 0.25) is 0 Å². The normalized spacial score (nSPS) is 11.5. The molecule has 0 aliphatic rings. The van der Waals surface area contributed by atoms with Crippen LogP contribution in [0.1, 0.15) is 11.4 Å². The lowest BCUT2D eigenvalue weighted by Gasteiger charge is -2.08. The van der Waals surface area contributed by atoms with Crippen molar-refractivity contribution in [2.24, 2.45) is 10.8 Å². The van der Waals surface area contributed by atoms with Crippen molar-refractivity contribution in [3.05, 3.63) is 41.7 Å². The number of nitrogens with two attached hydrogens (primary N) is 1. The Kier molecular flexibility index (Phi) is 5.48. The van der Waals surface area contributed by atoms with Gasteiger partial charge in [0, 0.05) is 11.4 Å². The van der Waals surface area contributed by atoms with E-state index in [2.05, 4.69) is 25.2 Å². The van der Waals surface area contributed by atoms with E-state index in [-0.39, 0.29) is 16.6 Å². The first-order valence-electron chi connectivity index (χ1n) is 7.24. The number of nitriles is 1. The van der Waals surface area contributed by atoms with Gasteiger partial charge in [-0.15, -0.1) is 0 Å². The molecule has 0 radical (unpaired) electrons. The SMILES string of the molecule is Cc1cc(C)nc(NS(=O)(=O)c2ccc(N/N=C(\C#N)C(=N)N)cc2)n1. The first kappa shape index (κ1) is 18.8. The Balaban J connectivity index is 2.18. The molecule has 0 saturated heterocycles. The van der Waals surface area contributed by atoms with Crippen molar-refractivity contribution in [1.29, 1.82) is 10.7 Å². The molecule has 26 heavy (non-hydrogen) atoms. The van der Waals surface area contributed by atoms with E-state index in [1.165, 1.54) is 24.3 Å². The summed E-state index contributed by atoms with van der Waals surface area (Å²) in [5.41, 5.74) is 9.13. The summed E-state index contributed by atoms with van der Waals surface area (Å²) >= 11 is 0. The fourth-order valence-corrected chi connectivity index (χ4v) is 2.87. The number of aryl methyl sites for hydroxylation is 2. The number of nitrogens with zero attached hydrogens (tertiary/aromatic N) is 4. The zero-order valence-electron chi connectivity index (χ0n) is 14.0. The second-order valence-corrected chi connectivity index (χ2v) is 6.88. The van der Waals surface area contributed by atoms with Gasteiger partial charge in [-0.25, -0.2) is 23.1 Å². The number of aromatic nitrogens is 2. The average Bonchev–Trinajstić information content (AvgIpc) is 2.54. The lowest BCUT2D eigenvalue weighted by Crippen LogP contribution is -2.21. The van der Waals surface area contributed by atoms with Crippen LogP contribution in [0, 0.1) is 30.6 Å². The van der Waals surface area contributed by atoms with E-state index in [0.29, 0.717) is 17.1 Å². The molecule has 0 unspecified atom stereocenters. The Morgan fingerprint density at radius 2 is 1.81 bits per heavy atom. The van der Waals surface area contributed by atoms with Crippen LogP contribution in [-0.4, -0.2) is 29.9 Å². The largest absolute Gasteiger partial charge is 0.382 e. The molecule has 0 spiro atoms. The number of hydrogen-bond donors (Lipinski definition) is 4. The monoisotopic (exact) mass is 372 g/mol. The summed E-state index contributed by atoms with van der Waals surface area (Å²) in [6.07, 6.45) is 0. The molecule has 1 heterocycles. The summed E-state index contributed by atoms with van der Waals surface area (Å²) in [6.45, 7) is 3.48. The maximum Gasteiger partial charge on any atom is 0.264 e. The molecule has 1 aromatic heterocycles. The maximum atomic E-state index is 12.4. The number of anilines is 2. The quantitative estimate of drug-likeness (QED) is 0.334. The van der Waals surface area contributed by atoms with Gasteiger partial charge in [0.1, 0.15) is 6.07 Å². The minimum atomic E-state index is -3.86. The van der Waals surface area contributed by atoms with E-state index >= 15 is 0 Å². The minimum absolute atomic E-state index is 0.00173. The van der Waals surface area contributed by atoms with E-state index < -0.39 is 15.9 Å². The van der Waals surface area contributed by atoms with Crippen molar-refractivity contribution in [3.63, 3.8) is 0 Å². The zero-order valence-corrected chi connectivity index (χ0v) is 14.8. The predicted molar refractivity (Wildman–Crippen MR) is 97.3 cm³/mol. The van der Waals surface area contributed by atoms with Crippen molar-refractivity contribution < 1.29 is 8.42 Å². The highest BCUT2D eigenvalue weighted by atomic mass is 32.2. The van der Waals surface area contributed by atoms with Crippen molar-refractivity contribution in [2.45, 2.75) is 18.7 Å². The maximum absolute atomic E-state index is 12.4. The Hall–Kier alpha value is -3.52. The summed E-state index contributed by atoms with van der Waals surface area (Å²) < 4.78 is 27.1.